The number of nitrogens with zero attached hydrogens (tertiary/aromatic N) is 4. The van der Waals surface area contributed by atoms with Gasteiger partial charge in [-0.1, -0.05) is 6.07 Å². The van der Waals surface area contributed by atoms with Gasteiger partial charge >= 0.3 is 0 Å². The van der Waals surface area contributed by atoms with E-state index in [0.717, 1.165) is 35.1 Å². The number of hydrogen-bond acceptors (Lipinski definition) is 5. The maximum Gasteiger partial charge on any atom is 0.128 e. The van der Waals surface area contributed by atoms with Crippen LogP contribution < -0.4 is 10.2 Å². The first-order valence-electron chi connectivity index (χ1n) is 8.32. The van der Waals surface area contributed by atoms with E-state index in [2.05, 4.69) is 25.5 Å². The second kappa shape index (κ2) is 6.88. The summed E-state index contributed by atoms with van der Waals surface area (Å²) >= 11 is 0. The van der Waals surface area contributed by atoms with Crippen molar-refractivity contribution >= 4 is 11.6 Å². The molecule has 128 valence electrons. The lowest BCUT2D eigenvalue weighted by Gasteiger charge is -2.15. The van der Waals surface area contributed by atoms with Crippen LogP contribution in [0.2, 0.25) is 0 Å². The number of nitrogens with one attached hydrogen (secondary N) is 2. The number of aromatic amines is 1. The van der Waals surface area contributed by atoms with Crippen LogP contribution in [0, 0.1) is 0 Å². The van der Waals surface area contributed by atoms with Crippen molar-refractivity contribution in [1.29, 1.82) is 0 Å². The van der Waals surface area contributed by atoms with Gasteiger partial charge in [0, 0.05) is 24.5 Å². The van der Waals surface area contributed by atoms with Crippen molar-refractivity contribution in [1.82, 2.24) is 20.2 Å². The average molecular weight is 338 g/mol. The van der Waals surface area contributed by atoms with Gasteiger partial charge in [-0.15, -0.1) is 0 Å². The fraction of sp³-hybridized carbons (Fsp3) is 0.278. The van der Waals surface area contributed by atoms with Crippen molar-refractivity contribution in [3.05, 3.63) is 54.5 Å². The predicted octanol–water partition coefficient (Wildman–Crippen LogP) is 3.03. The summed E-state index contributed by atoms with van der Waals surface area (Å²) in [5.74, 6) is 1.64. The lowest BCUT2D eigenvalue weighted by molar-refractivity contribution is 0.364. The third kappa shape index (κ3) is 3.60. The van der Waals surface area contributed by atoms with E-state index in [0.29, 0.717) is 19.5 Å². The topological polar surface area (TPSA) is 69.7 Å². The second-order valence-corrected chi connectivity index (χ2v) is 6.08. The number of halogens is 1. The van der Waals surface area contributed by atoms with Gasteiger partial charge in [-0.05, 0) is 36.8 Å². The van der Waals surface area contributed by atoms with Crippen LogP contribution in [-0.2, 0) is 6.54 Å². The third-order valence-corrected chi connectivity index (χ3v) is 4.25. The van der Waals surface area contributed by atoms with E-state index in [9.17, 15) is 4.39 Å². The van der Waals surface area contributed by atoms with Gasteiger partial charge < -0.3 is 10.2 Å². The first-order chi connectivity index (χ1) is 12.3. The number of H-pyrrole nitrogens is 1. The smallest absolute Gasteiger partial charge is 0.128 e. The number of aromatic nitrogens is 4. The van der Waals surface area contributed by atoms with E-state index in [4.69, 9.17) is 0 Å². The highest BCUT2D eigenvalue weighted by molar-refractivity contribution is 5.60. The number of anilines is 2. The van der Waals surface area contributed by atoms with E-state index in [-0.39, 0.29) is 0 Å². The van der Waals surface area contributed by atoms with Gasteiger partial charge in [0.1, 0.15) is 17.8 Å². The van der Waals surface area contributed by atoms with E-state index in [1.165, 1.54) is 0 Å². The van der Waals surface area contributed by atoms with Crippen molar-refractivity contribution in [3.63, 3.8) is 0 Å². The molecule has 0 spiro atoms. The number of hydrogen-bond donors (Lipinski definition) is 2. The Balaban J connectivity index is 1.41. The Kier molecular flexibility index (Phi) is 4.28. The Morgan fingerprint density at radius 2 is 2.20 bits per heavy atom. The summed E-state index contributed by atoms with van der Waals surface area (Å²) in [5, 5.41) is 10.6. The van der Waals surface area contributed by atoms with Gasteiger partial charge in [0.2, 0.25) is 0 Å². The van der Waals surface area contributed by atoms with Gasteiger partial charge in [-0.3, -0.25) is 5.10 Å². The Morgan fingerprint density at radius 3 is 2.92 bits per heavy atom. The molecule has 0 amide bonds. The van der Waals surface area contributed by atoms with E-state index in [1.807, 2.05) is 41.3 Å². The molecule has 6 nitrogen and oxygen atoms in total. The maximum absolute atomic E-state index is 13.3. The molecule has 1 aliphatic rings. The first kappa shape index (κ1) is 15.6. The fourth-order valence-electron chi connectivity index (χ4n) is 2.90. The molecule has 2 N–H and O–H groups in total. The molecule has 0 bridgehead atoms. The second-order valence-electron chi connectivity index (χ2n) is 6.08. The van der Waals surface area contributed by atoms with Crippen molar-refractivity contribution < 1.29 is 4.39 Å². The van der Waals surface area contributed by atoms with Crippen LogP contribution in [0.1, 0.15) is 12.1 Å². The molecular weight excluding hydrogens is 319 g/mol. The van der Waals surface area contributed by atoms with Crippen LogP contribution in [-0.4, -0.2) is 39.4 Å². The molecule has 3 aromatic heterocycles. The molecule has 0 radical (unpaired) electrons. The highest BCUT2D eigenvalue weighted by atomic mass is 19.1. The van der Waals surface area contributed by atoms with Gasteiger partial charge in [-0.2, -0.15) is 5.10 Å². The fourth-order valence-corrected chi connectivity index (χ4v) is 2.90. The van der Waals surface area contributed by atoms with Gasteiger partial charge in [0.05, 0.1) is 24.5 Å². The average Bonchev–Trinajstić information content (AvgIpc) is 3.30. The molecule has 25 heavy (non-hydrogen) atoms. The van der Waals surface area contributed by atoms with Gasteiger partial charge in [0.15, 0.2) is 0 Å². The molecular formula is C18H19FN6. The van der Waals surface area contributed by atoms with E-state index < -0.39 is 6.17 Å². The van der Waals surface area contributed by atoms with Crippen LogP contribution in [0.15, 0.2) is 48.8 Å². The summed E-state index contributed by atoms with van der Waals surface area (Å²) in [6.45, 7) is 1.76. The molecule has 0 aliphatic carbocycles. The molecule has 1 saturated heterocycles. The van der Waals surface area contributed by atoms with Crippen LogP contribution in [0.25, 0.3) is 11.3 Å². The minimum Gasteiger partial charge on any atom is -0.364 e. The van der Waals surface area contributed by atoms with Crippen LogP contribution in [0.5, 0.6) is 0 Å². The van der Waals surface area contributed by atoms with Crippen LogP contribution >= 0.6 is 0 Å². The molecule has 0 aromatic carbocycles. The molecule has 1 aliphatic heterocycles. The molecule has 4 heterocycles. The van der Waals surface area contributed by atoms with Crippen molar-refractivity contribution in [3.8, 4) is 11.3 Å². The molecule has 0 saturated carbocycles. The maximum atomic E-state index is 13.3. The van der Waals surface area contributed by atoms with Crippen molar-refractivity contribution in [2.45, 2.75) is 19.1 Å². The zero-order valence-corrected chi connectivity index (χ0v) is 13.7. The third-order valence-electron chi connectivity index (χ3n) is 4.25. The highest BCUT2D eigenvalue weighted by Gasteiger charge is 2.22. The molecule has 3 aromatic rings. The largest absolute Gasteiger partial charge is 0.364 e. The van der Waals surface area contributed by atoms with Crippen molar-refractivity contribution in [2.75, 3.05) is 23.3 Å². The normalized spacial score (nSPS) is 17.0. The lowest BCUT2D eigenvalue weighted by atomic mass is 10.2. The summed E-state index contributed by atoms with van der Waals surface area (Å²) < 4.78 is 13.3. The zero-order chi connectivity index (χ0) is 17.1. The number of rotatable bonds is 5. The molecule has 0 unspecified atom stereocenters. The summed E-state index contributed by atoms with van der Waals surface area (Å²) in [7, 11) is 0. The SMILES string of the molecule is F[C@H]1CCN(c2ccc(-c3cc(CNc4ccccn4)[nH]n3)cn2)C1. The predicted molar refractivity (Wildman–Crippen MR) is 95.1 cm³/mol. The number of alkyl halides is 1. The lowest BCUT2D eigenvalue weighted by Crippen LogP contribution is -2.20. The minimum absolute atomic E-state index is 0.429. The van der Waals surface area contributed by atoms with E-state index in [1.54, 1.807) is 12.4 Å². The van der Waals surface area contributed by atoms with Gasteiger partial charge in [-0.25, -0.2) is 14.4 Å². The monoisotopic (exact) mass is 338 g/mol. The molecule has 1 fully saturated rings. The molecule has 4 rings (SSSR count). The molecule has 1 atom stereocenters. The minimum atomic E-state index is -0.748. The Bertz CT molecular complexity index is 817. The summed E-state index contributed by atoms with van der Waals surface area (Å²) in [5.41, 5.74) is 2.73. The van der Waals surface area contributed by atoms with Crippen molar-refractivity contribution in [2.24, 2.45) is 0 Å². The van der Waals surface area contributed by atoms with Crippen LogP contribution in [0.4, 0.5) is 16.0 Å². The van der Waals surface area contributed by atoms with E-state index >= 15 is 0 Å². The van der Waals surface area contributed by atoms with Crippen LogP contribution in [0.3, 0.4) is 0 Å². The number of pyridine rings is 2. The Morgan fingerprint density at radius 1 is 1.24 bits per heavy atom. The Labute approximate surface area is 145 Å². The first-order valence-corrected chi connectivity index (χ1v) is 8.32. The quantitative estimate of drug-likeness (QED) is 0.748. The van der Waals surface area contributed by atoms with Gasteiger partial charge in [0.25, 0.3) is 0 Å². The summed E-state index contributed by atoms with van der Waals surface area (Å²) in [6, 6.07) is 11.6. The summed E-state index contributed by atoms with van der Waals surface area (Å²) in [4.78, 5) is 10.7. The molecule has 7 heteroatoms. The zero-order valence-electron chi connectivity index (χ0n) is 13.7. The Hall–Kier alpha value is -2.96. The summed E-state index contributed by atoms with van der Waals surface area (Å²) in [6.07, 6.45) is 3.36. The highest BCUT2D eigenvalue weighted by Crippen LogP contribution is 2.23. The standard InChI is InChI=1S/C18H19FN6/c19-14-6-8-25(12-14)18-5-4-13(10-22-18)16-9-15(23-24-16)11-21-17-3-1-2-7-20-17/h1-5,7,9-10,14H,6,8,11-12H2,(H,20,21)(H,23,24)/t14-/m0/s1.